The Morgan fingerprint density at radius 1 is 1.38 bits per heavy atom. The number of halogens is 4. The molecule has 1 aliphatic rings. The van der Waals surface area contributed by atoms with Crippen LogP contribution in [-0.4, -0.2) is 40.5 Å². The van der Waals surface area contributed by atoms with Crippen molar-refractivity contribution in [2.24, 2.45) is 0 Å². The molecule has 0 fully saturated rings. The average molecular weight is 431 g/mol. The van der Waals surface area contributed by atoms with Crippen LogP contribution in [0.5, 0.6) is 0 Å². The largest absolute Gasteiger partial charge is 0.350 e. The van der Waals surface area contributed by atoms with Crippen LogP contribution in [0.3, 0.4) is 0 Å². The van der Waals surface area contributed by atoms with Crippen LogP contribution in [0.1, 0.15) is 35.7 Å². The van der Waals surface area contributed by atoms with Crippen LogP contribution in [0.2, 0.25) is 5.02 Å². The first-order valence-electron chi connectivity index (χ1n) is 8.76. The van der Waals surface area contributed by atoms with Crippen molar-refractivity contribution in [2.75, 3.05) is 5.32 Å². The number of nitrogens with zero attached hydrogens (tertiary/aromatic N) is 2. The molecule has 1 unspecified atom stereocenters. The van der Waals surface area contributed by atoms with Crippen LogP contribution < -0.4 is 10.6 Å². The molecule has 2 atom stereocenters. The Bertz CT molecular complexity index is 937. The van der Waals surface area contributed by atoms with Gasteiger partial charge in [0.1, 0.15) is 5.82 Å². The number of urea groups is 1. The van der Waals surface area contributed by atoms with E-state index >= 15 is 0 Å². The lowest BCUT2D eigenvalue weighted by Crippen LogP contribution is -2.45. The number of amides is 3. The first-order chi connectivity index (χ1) is 13.7. The average Bonchev–Trinajstić information content (AvgIpc) is 3.06. The van der Waals surface area contributed by atoms with Gasteiger partial charge in [0.15, 0.2) is 0 Å². The Hall–Kier alpha value is -2.75. The van der Waals surface area contributed by atoms with E-state index in [2.05, 4.69) is 15.8 Å². The SMILES string of the molecule is CC1Cc2noc(C(=O)N[C@H](C)C(F)F)c2CN1C(=O)Nc1ccc(F)c(Cl)c1. The molecule has 1 aromatic carbocycles. The molecule has 2 N–H and O–H groups in total. The summed E-state index contributed by atoms with van der Waals surface area (Å²) < 4.78 is 43.7. The molecule has 0 aliphatic carbocycles. The summed E-state index contributed by atoms with van der Waals surface area (Å²) in [5, 5.41) is 8.46. The summed E-state index contributed by atoms with van der Waals surface area (Å²) in [6.07, 6.45) is -2.42. The van der Waals surface area contributed by atoms with E-state index in [9.17, 15) is 22.8 Å². The fourth-order valence-electron chi connectivity index (χ4n) is 2.94. The van der Waals surface area contributed by atoms with Crippen LogP contribution in [0.4, 0.5) is 23.7 Å². The summed E-state index contributed by atoms with van der Waals surface area (Å²) in [7, 11) is 0. The standard InChI is InChI=1S/C18H18ClF3N4O3/c1-8-5-14-11(15(29-25-14)17(27)23-9(2)16(21)22)7-26(8)18(28)24-10-3-4-13(20)12(19)6-10/h3-4,6,8-9,16H,5,7H2,1-2H3,(H,23,27)(H,24,28)/t8?,9-/m1/s1. The number of hydrogen-bond acceptors (Lipinski definition) is 4. The van der Waals surface area contributed by atoms with Gasteiger partial charge in [0.05, 0.1) is 23.3 Å². The van der Waals surface area contributed by atoms with Crippen LogP contribution in [-0.2, 0) is 13.0 Å². The number of benzene rings is 1. The smallest absolute Gasteiger partial charge is 0.322 e. The molecule has 0 bridgehead atoms. The third kappa shape index (κ3) is 4.47. The lowest BCUT2D eigenvalue weighted by molar-refractivity contribution is 0.0748. The molecule has 3 rings (SSSR count). The van der Waals surface area contributed by atoms with E-state index in [-0.39, 0.29) is 23.4 Å². The quantitative estimate of drug-likeness (QED) is 0.771. The van der Waals surface area contributed by atoms with Crippen LogP contribution in [0.15, 0.2) is 22.7 Å². The Morgan fingerprint density at radius 3 is 2.76 bits per heavy atom. The van der Waals surface area contributed by atoms with Gasteiger partial charge in [-0.15, -0.1) is 0 Å². The molecule has 2 heterocycles. The van der Waals surface area contributed by atoms with Crippen LogP contribution >= 0.6 is 11.6 Å². The van der Waals surface area contributed by atoms with Gasteiger partial charge >= 0.3 is 6.03 Å². The second-order valence-electron chi connectivity index (χ2n) is 6.77. The molecule has 156 valence electrons. The Kier molecular flexibility index (Phi) is 6.02. The molecule has 3 amide bonds. The Balaban J connectivity index is 1.76. The molecule has 0 saturated carbocycles. The minimum atomic E-state index is -2.73. The molecule has 1 aromatic heterocycles. The molecule has 0 saturated heterocycles. The summed E-state index contributed by atoms with van der Waals surface area (Å²) in [6, 6.07) is 1.62. The van der Waals surface area contributed by atoms with Gasteiger partial charge in [-0.2, -0.15) is 0 Å². The molecule has 11 heteroatoms. The number of nitrogens with one attached hydrogen (secondary N) is 2. The lowest BCUT2D eigenvalue weighted by Gasteiger charge is -2.32. The molecule has 1 aliphatic heterocycles. The van der Waals surface area contributed by atoms with Crippen molar-refractivity contribution in [3.05, 3.63) is 46.1 Å². The van der Waals surface area contributed by atoms with Gasteiger partial charge in [-0.1, -0.05) is 16.8 Å². The monoisotopic (exact) mass is 430 g/mol. The van der Waals surface area contributed by atoms with Crippen LogP contribution in [0, 0.1) is 5.82 Å². The number of carbonyl (C=O) groups excluding carboxylic acids is 2. The minimum absolute atomic E-state index is 0.00737. The van der Waals surface area contributed by atoms with Gasteiger partial charge in [0.25, 0.3) is 12.3 Å². The van der Waals surface area contributed by atoms with E-state index < -0.39 is 30.2 Å². The number of anilines is 1. The summed E-state index contributed by atoms with van der Waals surface area (Å²) in [5.41, 5.74) is 1.14. The van der Waals surface area contributed by atoms with Gasteiger partial charge in [-0.05, 0) is 32.0 Å². The zero-order chi connectivity index (χ0) is 21.3. The van der Waals surface area contributed by atoms with Gasteiger partial charge < -0.3 is 20.1 Å². The minimum Gasteiger partial charge on any atom is -0.350 e. The van der Waals surface area contributed by atoms with E-state index in [1.165, 1.54) is 24.0 Å². The predicted molar refractivity (Wildman–Crippen MR) is 98.6 cm³/mol. The fraction of sp³-hybridized carbons (Fsp3) is 0.389. The number of fused-ring (bicyclic) bond motifs is 1. The predicted octanol–water partition coefficient (Wildman–Crippen LogP) is 3.83. The third-order valence-corrected chi connectivity index (χ3v) is 4.88. The maximum atomic E-state index is 13.3. The molecule has 0 radical (unpaired) electrons. The number of alkyl halides is 2. The molecular weight excluding hydrogens is 413 g/mol. The topological polar surface area (TPSA) is 87.5 Å². The number of aromatic nitrogens is 1. The molecule has 2 aromatic rings. The zero-order valence-corrected chi connectivity index (χ0v) is 16.3. The second-order valence-corrected chi connectivity index (χ2v) is 7.18. The number of hydrogen-bond donors (Lipinski definition) is 2. The first-order valence-corrected chi connectivity index (χ1v) is 9.14. The van der Waals surface area contributed by atoms with Gasteiger partial charge in [0, 0.05) is 23.7 Å². The van der Waals surface area contributed by atoms with Crippen LogP contribution in [0.25, 0.3) is 0 Å². The maximum Gasteiger partial charge on any atom is 0.322 e. The normalized spacial score (nSPS) is 17.1. The number of rotatable bonds is 4. The maximum absolute atomic E-state index is 13.3. The third-order valence-electron chi connectivity index (χ3n) is 4.59. The van der Waals surface area contributed by atoms with E-state index in [0.717, 1.165) is 6.07 Å². The number of carbonyl (C=O) groups is 2. The second kappa shape index (κ2) is 8.32. The molecular formula is C18H18ClF3N4O3. The zero-order valence-electron chi connectivity index (χ0n) is 15.5. The highest BCUT2D eigenvalue weighted by Gasteiger charge is 2.34. The fourth-order valence-corrected chi connectivity index (χ4v) is 3.12. The van der Waals surface area contributed by atoms with Crippen molar-refractivity contribution >= 4 is 29.2 Å². The Morgan fingerprint density at radius 2 is 2.10 bits per heavy atom. The highest BCUT2D eigenvalue weighted by atomic mass is 35.5. The van der Waals surface area contributed by atoms with Gasteiger partial charge in [-0.3, -0.25) is 4.79 Å². The lowest BCUT2D eigenvalue weighted by atomic mass is 10.00. The van der Waals surface area contributed by atoms with Gasteiger partial charge in [-0.25, -0.2) is 18.0 Å². The molecule has 0 spiro atoms. The van der Waals surface area contributed by atoms with Crippen molar-refractivity contribution in [2.45, 2.75) is 45.3 Å². The van der Waals surface area contributed by atoms with Crippen molar-refractivity contribution in [3.63, 3.8) is 0 Å². The molecule has 7 nitrogen and oxygen atoms in total. The molecule has 29 heavy (non-hydrogen) atoms. The summed E-state index contributed by atoms with van der Waals surface area (Å²) in [4.78, 5) is 26.4. The summed E-state index contributed by atoms with van der Waals surface area (Å²) in [6.45, 7) is 2.95. The van der Waals surface area contributed by atoms with Crippen molar-refractivity contribution in [3.8, 4) is 0 Å². The Labute approximate surface area is 169 Å². The van der Waals surface area contributed by atoms with Crippen molar-refractivity contribution in [1.29, 1.82) is 0 Å². The summed E-state index contributed by atoms with van der Waals surface area (Å²) >= 11 is 5.72. The highest BCUT2D eigenvalue weighted by molar-refractivity contribution is 6.31. The van der Waals surface area contributed by atoms with E-state index in [0.29, 0.717) is 23.4 Å². The van der Waals surface area contributed by atoms with Crippen molar-refractivity contribution in [1.82, 2.24) is 15.4 Å². The van der Waals surface area contributed by atoms with Gasteiger partial charge in [0.2, 0.25) is 5.76 Å². The van der Waals surface area contributed by atoms with Crippen molar-refractivity contribution < 1.29 is 27.3 Å². The highest BCUT2D eigenvalue weighted by Crippen LogP contribution is 2.27. The van der Waals surface area contributed by atoms with E-state index in [4.69, 9.17) is 16.1 Å². The van der Waals surface area contributed by atoms with E-state index in [1.807, 2.05) is 0 Å². The summed E-state index contributed by atoms with van der Waals surface area (Å²) in [5.74, 6) is -1.65. The first kappa shape index (κ1) is 21.0. The van der Waals surface area contributed by atoms with E-state index in [1.54, 1.807) is 6.92 Å².